The van der Waals surface area contributed by atoms with Gasteiger partial charge in [-0.2, -0.15) is 0 Å². The third-order valence-electron chi connectivity index (χ3n) is 4.60. The SMILES string of the molecule is COCCN1C(=O)C(=O)/C(=C(/O)c2ccc(OC(C)C)cc2)[C@@H]1c1ccncc1. The molecule has 0 radical (unpaired) electrons. The van der Waals surface area contributed by atoms with Crippen molar-refractivity contribution in [3.63, 3.8) is 0 Å². The molecule has 1 aliphatic heterocycles. The van der Waals surface area contributed by atoms with Crippen molar-refractivity contribution in [1.82, 2.24) is 9.88 Å². The second kappa shape index (κ2) is 8.87. The van der Waals surface area contributed by atoms with Crippen LogP contribution in [-0.4, -0.2) is 53.0 Å². The van der Waals surface area contributed by atoms with Crippen LogP contribution in [0.25, 0.3) is 5.76 Å². The van der Waals surface area contributed by atoms with Crippen LogP contribution in [-0.2, 0) is 14.3 Å². The number of ketones is 1. The molecule has 0 aliphatic carbocycles. The third kappa shape index (κ3) is 4.30. The number of ether oxygens (including phenoxy) is 2. The summed E-state index contributed by atoms with van der Waals surface area (Å²) in [6.45, 7) is 4.34. The predicted octanol–water partition coefficient (Wildman–Crippen LogP) is 2.94. The number of aliphatic hydroxyl groups excluding tert-OH is 1. The Balaban J connectivity index is 2.05. The molecule has 0 unspecified atom stereocenters. The van der Waals surface area contributed by atoms with Gasteiger partial charge in [-0.15, -0.1) is 0 Å². The summed E-state index contributed by atoms with van der Waals surface area (Å²) in [6, 6.07) is 9.51. The monoisotopic (exact) mass is 396 g/mol. The molecule has 1 atom stereocenters. The standard InChI is InChI=1S/C22H24N2O5/c1-14(2)29-17-6-4-16(5-7-17)20(25)18-19(15-8-10-23-11-9-15)24(12-13-28-3)22(27)21(18)26/h4-11,14,19,25H,12-13H2,1-3H3/b20-18+/t19-/m0/s1. The quantitative estimate of drug-likeness (QED) is 0.440. The van der Waals surface area contributed by atoms with Crippen LogP contribution in [0.4, 0.5) is 0 Å². The van der Waals surface area contributed by atoms with E-state index in [1.54, 1.807) is 48.8 Å². The number of hydrogen-bond acceptors (Lipinski definition) is 6. The fraction of sp³-hybridized carbons (Fsp3) is 0.318. The summed E-state index contributed by atoms with van der Waals surface area (Å²) >= 11 is 0. The van der Waals surface area contributed by atoms with Crippen molar-refractivity contribution in [3.8, 4) is 5.75 Å². The number of amides is 1. The Morgan fingerprint density at radius 3 is 2.38 bits per heavy atom. The van der Waals surface area contributed by atoms with Crippen molar-refractivity contribution in [3.05, 3.63) is 65.5 Å². The largest absolute Gasteiger partial charge is 0.507 e. The van der Waals surface area contributed by atoms with Crippen molar-refractivity contribution in [2.24, 2.45) is 0 Å². The Bertz CT molecular complexity index is 907. The Morgan fingerprint density at radius 2 is 1.79 bits per heavy atom. The Morgan fingerprint density at radius 1 is 1.14 bits per heavy atom. The minimum absolute atomic E-state index is 0.0206. The summed E-state index contributed by atoms with van der Waals surface area (Å²) in [4.78, 5) is 30.9. The highest BCUT2D eigenvalue weighted by Crippen LogP contribution is 2.39. The molecule has 0 spiro atoms. The zero-order chi connectivity index (χ0) is 21.0. The highest BCUT2D eigenvalue weighted by Gasteiger charge is 2.45. The molecule has 2 heterocycles. The number of Topliss-reactive ketones (excluding diaryl/α,β-unsaturated/α-hetero) is 1. The topological polar surface area (TPSA) is 89.0 Å². The van der Waals surface area contributed by atoms with Crippen LogP contribution in [0.3, 0.4) is 0 Å². The molecule has 1 N–H and O–H groups in total. The first-order valence-corrected chi connectivity index (χ1v) is 9.38. The van der Waals surface area contributed by atoms with Crippen LogP contribution in [0.1, 0.15) is 31.0 Å². The lowest BCUT2D eigenvalue weighted by Gasteiger charge is -2.24. The van der Waals surface area contributed by atoms with E-state index >= 15 is 0 Å². The maximum Gasteiger partial charge on any atom is 0.295 e. The van der Waals surface area contributed by atoms with Gasteiger partial charge in [0.1, 0.15) is 11.5 Å². The molecule has 1 aromatic heterocycles. The molecule has 1 fully saturated rings. The molecule has 29 heavy (non-hydrogen) atoms. The van der Waals surface area contributed by atoms with Gasteiger partial charge < -0.3 is 19.5 Å². The van der Waals surface area contributed by atoms with Crippen LogP contribution in [0.5, 0.6) is 5.75 Å². The van der Waals surface area contributed by atoms with Gasteiger partial charge in [0.05, 0.1) is 24.3 Å². The molecule has 2 aromatic rings. The molecule has 1 aromatic carbocycles. The van der Waals surface area contributed by atoms with Crippen molar-refractivity contribution < 1.29 is 24.2 Å². The van der Waals surface area contributed by atoms with Crippen molar-refractivity contribution in [2.45, 2.75) is 26.0 Å². The van der Waals surface area contributed by atoms with Gasteiger partial charge in [-0.25, -0.2) is 0 Å². The normalized spacial score (nSPS) is 18.5. The average molecular weight is 396 g/mol. The number of hydrogen-bond donors (Lipinski definition) is 1. The van der Waals surface area contributed by atoms with Gasteiger partial charge in [0.25, 0.3) is 11.7 Å². The summed E-state index contributed by atoms with van der Waals surface area (Å²) < 4.78 is 10.7. The molecule has 1 amide bonds. The molecule has 152 valence electrons. The van der Waals surface area contributed by atoms with Crippen LogP contribution in [0.2, 0.25) is 0 Å². The Hall–Kier alpha value is -3.19. The average Bonchev–Trinajstić information content (AvgIpc) is 2.97. The Labute approximate surface area is 169 Å². The maximum absolute atomic E-state index is 12.8. The van der Waals surface area contributed by atoms with Gasteiger partial charge in [-0.3, -0.25) is 14.6 Å². The Kier molecular flexibility index (Phi) is 6.29. The lowest BCUT2D eigenvalue weighted by atomic mass is 9.96. The van der Waals surface area contributed by atoms with E-state index in [4.69, 9.17) is 9.47 Å². The number of carbonyl (C=O) groups excluding carboxylic acids is 2. The lowest BCUT2D eigenvalue weighted by Crippen LogP contribution is -2.32. The van der Waals surface area contributed by atoms with E-state index in [0.717, 1.165) is 0 Å². The van der Waals surface area contributed by atoms with Crippen molar-refractivity contribution in [2.75, 3.05) is 20.3 Å². The molecular formula is C22H24N2O5. The van der Waals surface area contributed by atoms with Crippen LogP contribution >= 0.6 is 0 Å². The van der Waals surface area contributed by atoms with Crippen LogP contribution in [0, 0.1) is 0 Å². The van der Waals surface area contributed by atoms with Crippen LogP contribution in [0.15, 0.2) is 54.4 Å². The van der Waals surface area contributed by atoms with E-state index in [1.807, 2.05) is 13.8 Å². The molecular weight excluding hydrogens is 372 g/mol. The van der Waals surface area contributed by atoms with E-state index < -0.39 is 17.7 Å². The number of carbonyl (C=O) groups is 2. The summed E-state index contributed by atoms with van der Waals surface area (Å²) in [6.07, 6.45) is 3.19. The smallest absolute Gasteiger partial charge is 0.295 e. The first-order valence-electron chi connectivity index (χ1n) is 9.38. The molecule has 1 aliphatic rings. The van der Waals surface area contributed by atoms with Gasteiger partial charge in [0.2, 0.25) is 0 Å². The molecule has 3 rings (SSSR count). The van der Waals surface area contributed by atoms with Gasteiger partial charge >= 0.3 is 0 Å². The molecule has 1 saturated heterocycles. The number of benzene rings is 1. The minimum atomic E-state index is -0.720. The highest BCUT2D eigenvalue weighted by molar-refractivity contribution is 6.46. The van der Waals surface area contributed by atoms with Gasteiger partial charge in [-0.05, 0) is 55.8 Å². The number of methoxy groups -OCH3 is 1. The van der Waals surface area contributed by atoms with Gasteiger partial charge in [0.15, 0.2) is 0 Å². The fourth-order valence-electron chi connectivity index (χ4n) is 3.31. The van der Waals surface area contributed by atoms with E-state index in [9.17, 15) is 14.7 Å². The predicted molar refractivity (Wildman–Crippen MR) is 107 cm³/mol. The fourth-order valence-corrected chi connectivity index (χ4v) is 3.31. The zero-order valence-electron chi connectivity index (χ0n) is 16.7. The third-order valence-corrected chi connectivity index (χ3v) is 4.60. The number of likely N-dealkylation sites (tertiary alicyclic amines) is 1. The first-order chi connectivity index (χ1) is 13.9. The number of rotatable bonds is 7. The minimum Gasteiger partial charge on any atom is -0.507 e. The van der Waals surface area contributed by atoms with Gasteiger partial charge in [-0.1, -0.05) is 0 Å². The lowest BCUT2D eigenvalue weighted by molar-refractivity contribution is -0.140. The zero-order valence-corrected chi connectivity index (χ0v) is 16.7. The second-order valence-electron chi connectivity index (χ2n) is 6.96. The van der Waals surface area contributed by atoms with Crippen molar-refractivity contribution in [1.29, 1.82) is 0 Å². The van der Waals surface area contributed by atoms with E-state index in [0.29, 0.717) is 16.9 Å². The second-order valence-corrected chi connectivity index (χ2v) is 6.96. The summed E-state index contributed by atoms with van der Waals surface area (Å²) in [5.74, 6) is -0.947. The molecule has 7 heteroatoms. The number of aromatic nitrogens is 1. The van der Waals surface area contributed by atoms with Crippen LogP contribution < -0.4 is 4.74 Å². The number of pyridine rings is 1. The van der Waals surface area contributed by atoms with E-state index in [-0.39, 0.29) is 30.6 Å². The number of aliphatic hydroxyl groups is 1. The van der Waals surface area contributed by atoms with Gasteiger partial charge in [0, 0.05) is 31.6 Å². The molecule has 0 saturated carbocycles. The highest BCUT2D eigenvalue weighted by atomic mass is 16.5. The number of nitrogens with zero attached hydrogens (tertiary/aromatic N) is 2. The summed E-state index contributed by atoms with van der Waals surface area (Å²) in [7, 11) is 1.53. The van der Waals surface area contributed by atoms with E-state index in [2.05, 4.69) is 4.98 Å². The first kappa shape index (κ1) is 20.5. The maximum atomic E-state index is 12.8. The summed E-state index contributed by atoms with van der Waals surface area (Å²) in [5, 5.41) is 10.9. The van der Waals surface area contributed by atoms with Crippen molar-refractivity contribution >= 4 is 17.4 Å². The molecule has 0 bridgehead atoms. The molecule has 7 nitrogen and oxygen atoms in total. The van der Waals surface area contributed by atoms with E-state index in [1.165, 1.54) is 12.0 Å². The summed E-state index contributed by atoms with van der Waals surface area (Å²) in [5.41, 5.74) is 1.18.